The summed E-state index contributed by atoms with van der Waals surface area (Å²) in [6.45, 7) is 1.34. The van der Waals surface area contributed by atoms with Gasteiger partial charge in [0, 0.05) is 24.8 Å². The topological polar surface area (TPSA) is 88.7 Å². The van der Waals surface area contributed by atoms with E-state index in [2.05, 4.69) is 16.0 Å². The standard InChI is InChI=1S/C24H31N3O4/c1-30-20-13-11-19(12-14-20)25-15-16-26-23(28)21-9-5-6-10-22(21)27-24(29)31-17-18-7-3-2-4-8-18/h2-4,7-8,11-14,21-22,25H,5-6,9-10,15-17H2,1H3,(H,26,28)(H,27,29)/t21-,22+/m1/s1. The van der Waals surface area contributed by atoms with Gasteiger partial charge in [-0.15, -0.1) is 0 Å². The Morgan fingerprint density at radius 1 is 0.968 bits per heavy atom. The summed E-state index contributed by atoms with van der Waals surface area (Å²) >= 11 is 0. The van der Waals surface area contributed by atoms with E-state index in [1.165, 1.54) is 0 Å². The first-order valence-electron chi connectivity index (χ1n) is 10.8. The zero-order chi connectivity index (χ0) is 21.9. The highest BCUT2D eigenvalue weighted by Crippen LogP contribution is 2.25. The Labute approximate surface area is 183 Å². The largest absolute Gasteiger partial charge is 0.497 e. The predicted molar refractivity (Wildman–Crippen MR) is 120 cm³/mol. The molecular formula is C24H31N3O4. The van der Waals surface area contributed by atoms with Gasteiger partial charge in [0.25, 0.3) is 0 Å². The van der Waals surface area contributed by atoms with Crippen molar-refractivity contribution in [3.8, 4) is 5.75 Å². The molecule has 0 unspecified atom stereocenters. The Balaban J connectivity index is 1.40. The lowest BCUT2D eigenvalue weighted by Crippen LogP contribution is -2.49. The molecule has 0 bridgehead atoms. The van der Waals surface area contributed by atoms with Crippen LogP contribution in [0.2, 0.25) is 0 Å². The molecule has 7 nitrogen and oxygen atoms in total. The second kappa shape index (κ2) is 11.8. The lowest BCUT2D eigenvalue weighted by Gasteiger charge is -2.31. The number of rotatable bonds is 9. The Bertz CT molecular complexity index is 826. The number of amides is 2. The minimum absolute atomic E-state index is 0.0235. The summed E-state index contributed by atoms with van der Waals surface area (Å²) in [4.78, 5) is 24.9. The van der Waals surface area contributed by atoms with Gasteiger partial charge in [-0.25, -0.2) is 4.79 Å². The average molecular weight is 426 g/mol. The van der Waals surface area contributed by atoms with Crippen LogP contribution in [0.5, 0.6) is 5.75 Å². The highest BCUT2D eigenvalue weighted by molar-refractivity contribution is 5.80. The van der Waals surface area contributed by atoms with Crippen LogP contribution in [0.1, 0.15) is 31.2 Å². The van der Waals surface area contributed by atoms with Crippen LogP contribution in [0.3, 0.4) is 0 Å². The molecule has 2 aromatic carbocycles. The van der Waals surface area contributed by atoms with E-state index >= 15 is 0 Å². The van der Waals surface area contributed by atoms with Crippen LogP contribution in [0.15, 0.2) is 54.6 Å². The molecule has 0 aromatic heterocycles. The lowest BCUT2D eigenvalue weighted by atomic mass is 9.84. The monoisotopic (exact) mass is 425 g/mol. The number of methoxy groups -OCH3 is 1. The molecule has 0 aliphatic heterocycles. The van der Waals surface area contributed by atoms with Crippen molar-refractivity contribution in [1.82, 2.24) is 10.6 Å². The molecule has 1 aliphatic rings. The van der Waals surface area contributed by atoms with Crippen LogP contribution in [0.4, 0.5) is 10.5 Å². The first kappa shape index (κ1) is 22.5. The number of hydrogen-bond donors (Lipinski definition) is 3. The zero-order valence-corrected chi connectivity index (χ0v) is 17.9. The Morgan fingerprint density at radius 3 is 2.45 bits per heavy atom. The highest BCUT2D eigenvalue weighted by Gasteiger charge is 2.32. The van der Waals surface area contributed by atoms with E-state index in [0.717, 1.165) is 42.7 Å². The third-order valence-electron chi connectivity index (χ3n) is 5.46. The number of benzene rings is 2. The molecule has 3 N–H and O–H groups in total. The molecule has 3 rings (SSSR count). The van der Waals surface area contributed by atoms with E-state index in [1.54, 1.807) is 7.11 Å². The van der Waals surface area contributed by atoms with Gasteiger partial charge in [-0.1, -0.05) is 43.2 Å². The number of hydrogen-bond acceptors (Lipinski definition) is 5. The van der Waals surface area contributed by atoms with Crippen molar-refractivity contribution in [1.29, 1.82) is 0 Å². The van der Waals surface area contributed by atoms with Crippen molar-refractivity contribution in [2.75, 3.05) is 25.5 Å². The summed E-state index contributed by atoms with van der Waals surface area (Å²) in [5.74, 6) is 0.542. The molecule has 1 aliphatic carbocycles. The van der Waals surface area contributed by atoms with Crippen molar-refractivity contribution in [2.45, 2.75) is 38.3 Å². The number of carbonyl (C=O) groups excluding carboxylic acids is 2. The minimum Gasteiger partial charge on any atom is -0.497 e. The van der Waals surface area contributed by atoms with E-state index in [1.807, 2.05) is 54.6 Å². The molecule has 1 saturated carbocycles. The normalized spacial score (nSPS) is 18.0. The van der Waals surface area contributed by atoms with Gasteiger partial charge in [0.15, 0.2) is 0 Å². The van der Waals surface area contributed by atoms with E-state index in [9.17, 15) is 9.59 Å². The molecule has 0 heterocycles. The van der Waals surface area contributed by atoms with Gasteiger partial charge in [-0.2, -0.15) is 0 Å². The Kier molecular flexibility index (Phi) is 8.58. The molecule has 31 heavy (non-hydrogen) atoms. The first-order valence-corrected chi connectivity index (χ1v) is 10.8. The smallest absolute Gasteiger partial charge is 0.407 e. The fraction of sp³-hybridized carbons (Fsp3) is 0.417. The minimum atomic E-state index is -0.477. The molecule has 1 fully saturated rings. The summed E-state index contributed by atoms with van der Waals surface area (Å²) in [7, 11) is 1.63. The van der Waals surface area contributed by atoms with Gasteiger partial charge in [-0.05, 0) is 42.7 Å². The maximum absolute atomic E-state index is 12.7. The predicted octanol–water partition coefficient (Wildman–Crippen LogP) is 3.71. The third kappa shape index (κ3) is 7.20. The summed E-state index contributed by atoms with van der Waals surface area (Å²) in [5, 5.41) is 9.16. The molecule has 2 atom stereocenters. The lowest BCUT2D eigenvalue weighted by molar-refractivity contribution is -0.126. The van der Waals surface area contributed by atoms with Crippen LogP contribution >= 0.6 is 0 Å². The van der Waals surface area contributed by atoms with Crippen LogP contribution in [0, 0.1) is 5.92 Å². The molecular weight excluding hydrogens is 394 g/mol. The van der Waals surface area contributed by atoms with Gasteiger partial charge in [-0.3, -0.25) is 4.79 Å². The van der Waals surface area contributed by atoms with Crippen molar-refractivity contribution in [3.05, 3.63) is 60.2 Å². The van der Waals surface area contributed by atoms with Gasteiger partial charge >= 0.3 is 6.09 Å². The second-order valence-corrected chi connectivity index (χ2v) is 7.65. The van der Waals surface area contributed by atoms with Crippen molar-refractivity contribution < 1.29 is 19.1 Å². The van der Waals surface area contributed by atoms with E-state index in [0.29, 0.717) is 13.1 Å². The number of carbonyl (C=O) groups is 2. The van der Waals surface area contributed by atoms with Gasteiger partial charge in [0.1, 0.15) is 12.4 Å². The summed E-state index contributed by atoms with van der Waals surface area (Å²) < 4.78 is 10.5. The molecule has 2 aromatic rings. The van der Waals surface area contributed by atoms with Gasteiger partial charge in [0.2, 0.25) is 5.91 Å². The maximum atomic E-state index is 12.7. The fourth-order valence-electron chi connectivity index (χ4n) is 3.77. The molecule has 7 heteroatoms. The molecule has 0 radical (unpaired) electrons. The SMILES string of the molecule is COc1ccc(NCCNC(=O)[C@@H]2CCCC[C@@H]2NC(=O)OCc2ccccc2)cc1. The Hall–Kier alpha value is -3.22. The summed E-state index contributed by atoms with van der Waals surface area (Å²) in [5.41, 5.74) is 1.90. The third-order valence-corrected chi connectivity index (χ3v) is 5.46. The van der Waals surface area contributed by atoms with Crippen LogP contribution < -0.4 is 20.7 Å². The number of anilines is 1. The van der Waals surface area contributed by atoms with Crippen LogP contribution in [0.25, 0.3) is 0 Å². The average Bonchev–Trinajstić information content (AvgIpc) is 2.82. The second-order valence-electron chi connectivity index (χ2n) is 7.65. The summed E-state index contributed by atoms with van der Waals surface area (Å²) in [6.07, 6.45) is 3.05. The molecule has 166 valence electrons. The summed E-state index contributed by atoms with van der Waals surface area (Å²) in [6, 6.07) is 17.0. The quantitative estimate of drug-likeness (QED) is 0.533. The maximum Gasteiger partial charge on any atom is 0.407 e. The number of ether oxygens (including phenoxy) is 2. The first-order chi connectivity index (χ1) is 15.2. The molecule has 0 spiro atoms. The zero-order valence-electron chi connectivity index (χ0n) is 17.9. The molecule has 0 saturated heterocycles. The van der Waals surface area contributed by atoms with E-state index in [-0.39, 0.29) is 24.5 Å². The van der Waals surface area contributed by atoms with Crippen molar-refractivity contribution in [2.24, 2.45) is 5.92 Å². The van der Waals surface area contributed by atoms with Crippen molar-refractivity contribution in [3.63, 3.8) is 0 Å². The Morgan fingerprint density at radius 2 is 1.71 bits per heavy atom. The van der Waals surface area contributed by atoms with Gasteiger partial charge in [0.05, 0.1) is 13.0 Å². The van der Waals surface area contributed by atoms with E-state index < -0.39 is 6.09 Å². The fourth-order valence-corrected chi connectivity index (χ4v) is 3.77. The number of nitrogens with one attached hydrogen (secondary N) is 3. The molecule has 2 amide bonds. The number of alkyl carbamates (subject to hydrolysis) is 1. The highest BCUT2D eigenvalue weighted by atomic mass is 16.5. The van der Waals surface area contributed by atoms with E-state index in [4.69, 9.17) is 9.47 Å². The van der Waals surface area contributed by atoms with Crippen molar-refractivity contribution >= 4 is 17.7 Å². The van der Waals surface area contributed by atoms with Gasteiger partial charge < -0.3 is 25.4 Å². The van der Waals surface area contributed by atoms with Crippen LogP contribution in [-0.4, -0.2) is 38.2 Å². The van der Waals surface area contributed by atoms with Crippen LogP contribution in [-0.2, 0) is 16.1 Å².